The maximum absolute atomic E-state index is 13.4. The highest BCUT2D eigenvalue weighted by Gasteiger charge is 2.45. The van der Waals surface area contributed by atoms with Crippen molar-refractivity contribution in [2.45, 2.75) is 44.2 Å². The van der Waals surface area contributed by atoms with Gasteiger partial charge in [-0.1, -0.05) is 0 Å². The average Bonchev–Trinajstić information content (AvgIpc) is 3.17. The Labute approximate surface area is 160 Å². The average molecular weight is 376 g/mol. The van der Waals surface area contributed by atoms with Gasteiger partial charge in [0.15, 0.2) is 0 Å². The van der Waals surface area contributed by atoms with Crippen molar-refractivity contribution in [1.82, 2.24) is 14.4 Å². The lowest BCUT2D eigenvalue weighted by Gasteiger charge is -2.52. The lowest BCUT2D eigenvalue weighted by Crippen LogP contribution is -2.61. The standard InChI is InChI=1S/C20H29N3O2S/c1-26-10-7-18(21-8-2-3-9-21)20(25)22-12-15-11-16(14-22)17-5-4-6-19(24)23(17)13-15/h2-3,8-9,15-18H,4-7,10-14H2,1H3. The Hall–Kier alpha value is -1.43. The van der Waals surface area contributed by atoms with Crippen LogP contribution in [0.4, 0.5) is 0 Å². The zero-order valence-corrected chi connectivity index (χ0v) is 16.4. The van der Waals surface area contributed by atoms with Crippen molar-refractivity contribution in [3.05, 3.63) is 24.5 Å². The van der Waals surface area contributed by atoms with E-state index in [2.05, 4.69) is 20.6 Å². The van der Waals surface area contributed by atoms with E-state index in [0.717, 1.165) is 44.6 Å². The van der Waals surface area contributed by atoms with E-state index < -0.39 is 0 Å². The number of piperidine rings is 3. The van der Waals surface area contributed by atoms with Crippen molar-refractivity contribution in [1.29, 1.82) is 0 Å². The molecule has 0 saturated carbocycles. The molecular weight excluding hydrogens is 346 g/mol. The molecule has 4 heterocycles. The zero-order valence-electron chi connectivity index (χ0n) is 15.5. The van der Waals surface area contributed by atoms with Crippen LogP contribution in [0.15, 0.2) is 24.5 Å². The Kier molecular flexibility index (Phi) is 5.30. The van der Waals surface area contributed by atoms with Crippen molar-refractivity contribution < 1.29 is 9.59 Å². The molecule has 3 saturated heterocycles. The smallest absolute Gasteiger partial charge is 0.245 e. The van der Waals surface area contributed by atoms with E-state index in [-0.39, 0.29) is 11.9 Å². The van der Waals surface area contributed by atoms with Gasteiger partial charge in [0.05, 0.1) is 0 Å². The normalized spacial score (nSPS) is 29.4. The summed E-state index contributed by atoms with van der Waals surface area (Å²) in [5.74, 6) is 2.49. The minimum absolute atomic E-state index is 0.0969. The van der Waals surface area contributed by atoms with Crippen molar-refractivity contribution in [2.75, 3.05) is 31.6 Å². The number of carbonyl (C=O) groups is 2. The minimum Gasteiger partial charge on any atom is -0.342 e. The van der Waals surface area contributed by atoms with Crippen LogP contribution < -0.4 is 0 Å². The van der Waals surface area contributed by atoms with Crippen LogP contribution in [0.1, 0.15) is 38.1 Å². The number of carbonyl (C=O) groups excluding carboxylic acids is 2. The highest BCUT2D eigenvalue weighted by Crippen LogP contribution is 2.38. The monoisotopic (exact) mass is 375 g/mol. The highest BCUT2D eigenvalue weighted by atomic mass is 32.2. The number of aromatic nitrogens is 1. The molecule has 3 fully saturated rings. The fraction of sp³-hybridized carbons (Fsp3) is 0.700. The summed E-state index contributed by atoms with van der Waals surface area (Å²) < 4.78 is 2.07. The first-order chi connectivity index (χ1) is 12.7. The summed E-state index contributed by atoms with van der Waals surface area (Å²) in [5.41, 5.74) is 0. The molecule has 0 radical (unpaired) electrons. The molecule has 1 aromatic rings. The van der Waals surface area contributed by atoms with Crippen LogP contribution in [0, 0.1) is 11.8 Å². The maximum Gasteiger partial charge on any atom is 0.245 e. The zero-order chi connectivity index (χ0) is 18.1. The molecule has 5 nitrogen and oxygen atoms in total. The fourth-order valence-corrected chi connectivity index (χ4v) is 5.64. The molecule has 26 heavy (non-hydrogen) atoms. The van der Waals surface area contributed by atoms with E-state index in [1.807, 2.05) is 24.5 Å². The summed E-state index contributed by atoms with van der Waals surface area (Å²) in [4.78, 5) is 29.9. The lowest BCUT2D eigenvalue weighted by atomic mass is 9.76. The number of thioether (sulfide) groups is 1. The van der Waals surface area contributed by atoms with E-state index in [1.54, 1.807) is 11.8 Å². The third-order valence-electron chi connectivity index (χ3n) is 6.36. The quantitative estimate of drug-likeness (QED) is 0.795. The van der Waals surface area contributed by atoms with E-state index in [0.29, 0.717) is 30.2 Å². The van der Waals surface area contributed by atoms with Crippen molar-refractivity contribution in [3.63, 3.8) is 0 Å². The Morgan fingerprint density at radius 3 is 2.85 bits per heavy atom. The molecule has 6 heteroatoms. The summed E-state index contributed by atoms with van der Waals surface area (Å²) in [7, 11) is 0. The number of rotatable bonds is 5. The van der Waals surface area contributed by atoms with Gasteiger partial charge in [-0.05, 0) is 61.7 Å². The van der Waals surface area contributed by atoms with Crippen molar-refractivity contribution >= 4 is 23.6 Å². The van der Waals surface area contributed by atoms with Gasteiger partial charge in [-0.15, -0.1) is 0 Å². The van der Waals surface area contributed by atoms with Crippen LogP contribution >= 0.6 is 11.8 Å². The van der Waals surface area contributed by atoms with Crippen LogP contribution in [0.25, 0.3) is 0 Å². The first-order valence-electron chi connectivity index (χ1n) is 9.87. The van der Waals surface area contributed by atoms with Gasteiger partial charge < -0.3 is 14.4 Å². The second-order valence-electron chi connectivity index (χ2n) is 8.04. The van der Waals surface area contributed by atoms with Crippen molar-refractivity contribution in [3.8, 4) is 0 Å². The van der Waals surface area contributed by atoms with Gasteiger partial charge in [0.1, 0.15) is 6.04 Å². The molecule has 0 spiro atoms. The van der Waals surface area contributed by atoms with Gasteiger partial charge in [-0.25, -0.2) is 0 Å². The van der Waals surface area contributed by atoms with E-state index in [9.17, 15) is 9.59 Å². The molecular formula is C20H29N3O2S. The van der Waals surface area contributed by atoms with Gasteiger partial charge in [-0.3, -0.25) is 9.59 Å². The van der Waals surface area contributed by atoms with Crippen LogP contribution in [0.2, 0.25) is 0 Å². The van der Waals surface area contributed by atoms with Gasteiger partial charge in [0, 0.05) is 44.5 Å². The van der Waals surface area contributed by atoms with E-state index in [1.165, 1.54) is 6.42 Å². The summed E-state index contributed by atoms with van der Waals surface area (Å²) in [6.07, 6.45) is 11.0. The number of nitrogens with zero attached hydrogens (tertiary/aromatic N) is 3. The summed E-state index contributed by atoms with van der Waals surface area (Å²) in [5, 5.41) is 0. The topological polar surface area (TPSA) is 45.6 Å². The molecule has 2 bridgehead atoms. The Morgan fingerprint density at radius 2 is 2.08 bits per heavy atom. The van der Waals surface area contributed by atoms with E-state index >= 15 is 0 Å². The molecule has 0 aliphatic carbocycles. The van der Waals surface area contributed by atoms with Gasteiger partial charge in [-0.2, -0.15) is 11.8 Å². The number of hydrogen-bond donors (Lipinski definition) is 0. The first-order valence-corrected chi connectivity index (χ1v) is 11.3. The maximum atomic E-state index is 13.4. The number of likely N-dealkylation sites (tertiary alicyclic amines) is 1. The van der Waals surface area contributed by atoms with Crippen molar-refractivity contribution in [2.24, 2.45) is 11.8 Å². The summed E-state index contributed by atoms with van der Waals surface area (Å²) in [6, 6.07) is 4.26. The van der Waals surface area contributed by atoms with Crippen LogP contribution in [-0.4, -0.2) is 63.9 Å². The lowest BCUT2D eigenvalue weighted by molar-refractivity contribution is -0.150. The molecule has 4 rings (SSSR count). The summed E-state index contributed by atoms with van der Waals surface area (Å²) in [6.45, 7) is 2.48. The molecule has 4 atom stereocenters. The second-order valence-corrected chi connectivity index (χ2v) is 9.02. The van der Waals surface area contributed by atoms with Crippen LogP contribution in [0.3, 0.4) is 0 Å². The molecule has 3 aliphatic heterocycles. The number of hydrogen-bond acceptors (Lipinski definition) is 3. The molecule has 142 valence electrons. The van der Waals surface area contributed by atoms with E-state index in [4.69, 9.17) is 0 Å². The molecule has 0 aromatic carbocycles. The largest absolute Gasteiger partial charge is 0.342 e. The SMILES string of the molecule is CSCCC(C(=O)N1CC2CC(C1)C1CCCC(=O)N1C2)n1cccc1. The molecule has 2 amide bonds. The molecule has 0 N–H and O–H groups in total. The summed E-state index contributed by atoms with van der Waals surface area (Å²) >= 11 is 1.79. The third-order valence-corrected chi connectivity index (χ3v) is 7.00. The van der Waals surface area contributed by atoms with Gasteiger partial charge in [0.25, 0.3) is 0 Å². The predicted octanol–water partition coefficient (Wildman–Crippen LogP) is 2.64. The van der Waals surface area contributed by atoms with Gasteiger partial charge in [0.2, 0.25) is 11.8 Å². The Morgan fingerprint density at radius 1 is 1.27 bits per heavy atom. The first kappa shape index (κ1) is 18.0. The Balaban J connectivity index is 1.49. The minimum atomic E-state index is -0.0969. The van der Waals surface area contributed by atoms with Gasteiger partial charge >= 0.3 is 0 Å². The highest BCUT2D eigenvalue weighted by molar-refractivity contribution is 7.98. The third kappa shape index (κ3) is 3.40. The predicted molar refractivity (Wildman–Crippen MR) is 104 cm³/mol. The Bertz CT molecular complexity index is 647. The molecule has 1 aromatic heterocycles. The van der Waals surface area contributed by atoms with Crippen LogP contribution in [-0.2, 0) is 9.59 Å². The molecule has 3 aliphatic rings. The fourth-order valence-electron chi connectivity index (χ4n) is 5.19. The van der Waals surface area contributed by atoms with Crippen LogP contribution in [0.5, 0.6) is 0 Å². The molecule has 4 unspecified atom stereocenters. The second kappa shape index (κ2) is 7.67. The number of fused-ring (bicyclic) bond motifs is 4. The number of amides is 2.